The lowest BCUT2D eigenvalue weighted by atomic mass is 10.3. The van der Waals surface area contributed by atoms with Gasteiger partial charge in [0, 0.05) is 13.1 Å². The van der Waals surface area contributed by atoms with Crippen molar-refractivity contribution in [3.8, 4) is 0 Å². The molecule has 2 rings (SSSR count). The molecule has 5 heteroatoms. The van der Waals surface area contributed by atoms with Gasteiger partial charge in [0.2, 0.25) is 5.91 Å². The van der Waals surface area contributed by atoms with Crippen molar-refractivity contribution in [1.29, 1.82) is 0 Å². The lowest BCUT2D eigenvalue weighted by Gasteiger charge is -1.96. The van der Waals surface area contributed by atoms with Gasteiger partial charge in [0.1, 0.15) is 5.82 Å². The Balaban J connectivity index is 0.000000531. The van der Waals surface area contributed by atoms with Crippen LogP contribution in [0, 0.1) is 0 Å². The highest BCUT2D eigenvalue weighted by molar-refractivity contribution is 5.97. The number of hydrogen-bond acceptors (Lipinski definition) is 3. The minimum atomic E-state index is -0.130. The SMILES string of the molecule is CC.CC(=O)Nc1[nH]nc2ncccc12. The Morgan fingerprint density at radius 1 is 1.47 bits per heavy atom. The summed E-state index contributed by atoms with van der Waals surface area (Å²) < 4.78 is 0. The number of nitrogens with one attached hydrogen (secondary N) is 2. The Kier molecular flexibility index (Phi) is 3.79. The number of carbonyl (C=O) groups excluding carboxylic acids is 1. The van der Waals surface area contributed by atoms with Crippen LogP contribution in [-0.2, 0) is 4.79 Å². The molecule has 0 atom stereocenters. The summed E-state index contributed by atoms with van der Waals surface area (Å²) in [4.78, 5) is 14.8. The Hall–Kier alpha value is -1.91. The van der Waals surface area contributed by atoms with Gasteiger partial charge in [-0.3, -0.25) is 9.89 Å². The summed E-state index contributed by atoms with van der Waals surface area (Å²) in [6.45, 7) is 5.45. The molecule has 0 aliphatic rings. The fraction of sp³-hybridized carbons (Fsp3) is 0.300. The summed E-state index contributed by atoms with van der Waals surface area (Å²) in [5.74, 6) is 0.463. The van der Waals surface area contributed by atoms with E-state index in [1.165, 1.54) is 6.92 Å². The predicted molar refractivity (Wildman–Crippen MR) is 59.5 cm³/mol. The van der Waals surface area contributed by atoms with Gasteiger partial charge in [-0.1, -0.05) is 13.8 Å². The normalized spacial score (nSPS) is 9.27. The number of anilines is 1. The molecule has 0 aliphatic carbocycles. The van der Waals surface area contributed by atoms with E-state index in [1.54, 1.807) is 12.3 Å². The molecule has 80 valence electrons. The van der Waals surface area contributed by atoms with E-state index in [9.17, 15) is 4.79 Å². The number of carbonyl (C=O) groups is 1. The lowest BCUT2D eigenvalue weighted by Crippen LogP contribution is -2.06. The molecule has 15 heavy (non-hydrogen) atoms. The molecule has 0 fully saturated rings. The van der Waals surface area contributed by atoms with E-state index < -0.39 is 0 Å². The standard InChI is InChI=1S/C8H8N4O.C2H6/c1-5(13)10-8-6-3-2-4-9-7(6)11-12-8;1-2/h2-4H,1H3,(H2,9,10,11,12,13);1-2H3. The minimum absolute atomic E-state index is 0.130. The number of nitrogens with zero attached hydrogens (tertiary/aromatic N) is 2. The lowest BCUT2D eigenvalue weighted by molar-refractivity contribution is -0.114. The monoisotopic (exact) mass is 206 g/mol. The summed E-state index contributed by atoms with van der Waals surface area (Å²) in [5.41, 5.74) is 0.603. The number of H-pyrrole nitrogens is 1. The van der Waals surface area contributed by atoms with Gasteiger partial charge in [-0.25, -0.2) is 4.98 Å². The third kappa shape index (κ3) is 2.52. The molecule has 2 aromatic heterocycles. The molecule has 0 bridgehead atoms. The molecule has 2 aromatic rings. The molecule has 0 radical (unpaired) electrons. The van der Waals surface area contributed by atoms with E-state index >= 15 is 0 Å². The first-order chi connectivity index (χ1) is 7.27. The molecule has 2 heterocycles. The van der Waals surface area contributed by atoms with E-state index in [0.717, 1.165) is 5.39 Å². The van der Waals surface area contributed by atoms with E-state index in [0.29, 0.717) is 11.5 Å². The fourth-order valence-electron chi connectivity index (χ4n) is 1.12. The van der Waals surface area contributed by atoms with Crippen molar-refractivity contribution in [2.24, 2.45) is 0 Å². The second-order valence-corrected chi connectivity index (χ2v) is 2.65. The molecular formula is C10H14N4O. The maximum atomic E-state index is 10.8. The molecule has 1 amide bonds. The van der Waals surface area contributed by atoms with Crippen LogP contribution >= 0.6 is 0 Å². The third-order valence-electron chi connectivity index (χ3n) is 1.63. The van der Waals surface area contributed by atoms with Gasteiger partial charge in [-0.2, -0.15) is 5.10 Å². The average molecular weight is 206 g/mol. The van der Waals surface area contributed by atoms with Crippen LogP contribution in [-0.4, -0.2) is 21.1 Å². The van der Waals surface area contributed by atoms with Crippen molar-refractivity contribution in [3.63, 3.8) is 0 Å². The maximum absolute atomic E-state index is 10.8. The van der Waals surface area contributed by atoms with Crippen LogP contribution in [0.25, 0.3) is 11.0 Å². The van der Waals surface area contributed by atoms with Crippen LogP contribution in [0.15, 0.2) is 18.3 Å². The van der Waals surface area contributed by atoms with E-state index in [-0.39, 0.29) is 5.91 Å². The second kappa shape index (κ2) is 5.09. The summed E-state index contributed by atoms with van der Waals surface area (Å²) in [6, 6.07) is 3.64. The minimum Gasteiger partial charge on any atom is -0.311 e. The smallest absolute Gasteiger partial charge is 0.222 e. The summed E-state index contributed by atoms with van der Waals surface area (Å²) in [5, 5.41) is 10.1. The number of pyridine rings is 1. The van der Waals surface area contributed by atoms with E-state index in [4.69, 9.17) is 0 Å². The summed E-state index contributed by atoms with van der Waals surface area (Å²) in [6.07, 6.45) is 1.65. The van der Waals surface area contributed by atoms with Gasteiger partial charge in [0.05, 0.1) is 5.39 Å². The predicted octanol–water partition coefficient (Wildman–Crippen LogP) is 1.94. The number of fused-ring (bicyclic) bond motifs is 1. The van der Waals surface area contributed by atoms with Gasteiger partial charge in [0.15, 0.2) is 5.65 Å². The van der Waals surface area contributed by atoms with Crippen LogP contribution in [0.3, 0.4) is 0 Å². The van der Waals surface area contributed by atoms with Crippen LogP contribution < -0.4 is 5.32 Å². The zero-order valence-corrected chi connectivity index (χ0v) is 9.03. The van der Waals surface area contributed by atoms with Crippen LogP contribution in [0.2, 0.25) is 0 Å². The second-order valence-electron chi connectivity index (χ2n) is 2.65. The van der Waals surface area contributed by atoms with Crippen molar-refractivity contribution >= 4 is 22.8 Å². The van der Waals surface area contributed by atoms with Crippen molar-refractivity contribution in [1.82, 2.24) is 15.2 Å². The average Bonchev–Trinajstić information content (AvgIpc) is 2.64. The Bertz CT molecular complexity index is 449. The summed E-state index contributed by atoms with van der Waals surface area (Å²) in [7, 11) is 0. The molecule has 0 aromatic carbocycles. The molecule has 0 spiro atoms. The van der Waals surface area contributed by atoms with Crippen LogP contribution in [0.5, 0.6) is 0 Å². The molecule has 0 unspecified atom stereocenters. The van der Waals surface area contributed by atoms with Gasteiger partial charge in [-0.05, 0) is 12.1 Å². The van der Waals surface area contributed by atoms with Gasteiger partial charge < -0.3 is 5.32 Å². The van der Waals surface area contributed by atoms with E-state index in [2.05, 4.69) is 20.5 Å². The molecular weight excluding hydrogens is 192 g/mol. The highest BCUT2D eigenvalue weighted by Gasteiger charge is 2.05. The van der Waals surface area contributed by atoms with Crippen LogP contribution in [0.1, 0.15) is 20.8 Å². The fourth-order valence-corrected chi connectivity index (χ4v) is 1.12. The van der Waals surface area contributed by atoms with Crippen molar-refractivity contribution < 1.29 is 4.79 Å². The highest BCUT2D eigenvalue weighted by Crippen LogP contribution is 2.16. The first-order valence-corrected chi connectivity index (χ1v) is 4.84. The number of aromatic amines is 1. The molecule has 0 aliphatic heterocycles. The Morgan fingerprint density at radius 2 is 2.20 bits per heavy atom. The first kappa shape index (κ1) is 11.2. The van der Waals surface area contributed by atoms with Crippen LogP contribution in [0.4, 0.5) is 5.82 Å². The third-order valence-corrected chi connectivity index (χ3v) is 1.63. The number of aromatic nitrogens is 3. The zero-order chi connectivity index (χ0) is 11.3. The van der Waals surface area contributed by atoms with Crippen molar-refractivity contribution in [3.05, 3.63) is 18.3 Å². The van der Waals surface area contributed by atoms with Gasteiger partial charge >= 0.3 is 0 Å². The molecule has 0 saturated heterocycles. The number of amides is 1. The molecule has 2 N–H and O–H groups in total. The Morgan fingerprint density at radius 3 is 2.87 bits per heavy atom. The van der Waals surface area contributed by atoms with Gasteiger partial charge in [-0.15, -0.1) is 0 Å². The van der Waals surface area contributed by atoms with Crippen molar-refractivity contribution in [2.45, 2.75) is 20.8 Å². The van der Waals surface area contributed by atoms with Crippen molar-refractivity contribution in [2.75, 3.05) is 5.32 Å². The maximum Gasteiger partial charge on any atom is 0.222 e. The zero-order valence-electron chi connectivity index (χ0n) is 9.03. The first-order valence-electron chi connectivity index (χ1n) is 4.84. The summed E-state index contributed by atoms with van der Waals surface area (Å²) >= 11 is 0. The molecule has 0 saturated carbocycles. The number of hydrogen-bond donors (Lipinski definition) is 2. The quantitative estimate of drug-likeness (QED) is 0.749. The van der Waals surface area contributed by atoms with E-state index in [1.807, 2.05) is 19.9 Å². The van der Waals surface area contributed by atoms with Gasteiger partial charge in [0.25, 0.3) is 0 Å². The largest absolute Gasteiger partial charge is 0.311 e. The number of rotatable bonds is 1. The Labute approximate surface area is 87.9 Å². The topological polar surface area (TPSA) is 70.7 Å². The highest BCUT2D eigenvalue weighted by atomic mass is 16.1. The molecule has 5 nitrogen and oxygen atoms in total.